The van der Waals surface area contributed by atoms with Gasteiger partial charge < -0.3 is 14.6 Å². The van der Waals surface area contributed by atoms with Gasteiger partial charge in [-0.3, -0.25) is 9.59 Å². The average molecular weight is 663 g/mol. The molecule has 0 saturated heterocycles. The summed E-state index contributed by atoms with van der Waals surface area (Å²) in [5.41, 5.74) is 0. The Morgan fingerprint density at radius 3 is 1.45 bits per heavy atom. The van der Waals surface area contributed by atoms with Gasteiger partial charge in [-0.15, -0.1) is 0 Å². The van der Waals surface area contributed by atoms with E-state index in [2.05, 4.69) is 45.1 Å². The van der Waals surface area contributed by atoms with E-state index in [0.29, 0.717) is 32.0 Å². The minimum absolute atomic E-state index is 0.0316. The fourth-order valence-electron chi connectivity index (χ4n) is 5.95. The molecule has 0 aromatic rings. The highest BCUT2D eigenvalue weighted by molar-refractivity contribution is 5.69. The molecule has 0 radical (unpaired) electrons. The van der Waals surface area contributed by atoms with Crippen LogP contribution in [-0.2, 0) is 19.1 Å². The van der Waals surface area contributed by atoms with Crippen molar-refractivity contribution in [1.29, 1.82) is 0 Å². The summed E-state index contributed by atoms with van der Waals surface area (Å²) < 4.78 is 11.1. The van der Waals surface area contributed by atoms with E-state index >= 15 is 0 Å². The molecule has 0 aliphatic rings. The van der Waals surface area contributed by atoms with E-state index in [-0.39, 0.29) is 24.5 Å². The lowest BCUT2D eigenvalue weighted by molar-refractivity contribution is -0.146. The van der Waals surface area contributed by atoms with Gasteiger partial charge in [0.2, 0.25) is 0 Å². The molecule has 0 spiro atoms. The summed E-state index contributed by atoms with van der Waals surface area (Å²) in [6.45, 7) is 7.70. The number of hydrogen-bond acceptors (Lipinski definition) is 5. The fourth-order valence-corrected chi connectivity index (χ4v) is 5.95. The van der Waals surface area contributed by atoms with Crippen LogP contribution in [0.25, 0.3) is 0 Å². The number of carbonyl (C=O) groups is 2. The lowest BCUT2D eigenvalue weighted by atomic mass is 9.96. The summed E-state index contributed by atoms with van der Waals surface area (Å²) in [5.74, 6) is 0.399. The van der Waals surface area contributed by atoms with Crippen molar-refractivity contribution in [3.05, 3.63) is 24.3 Å². The molecule has 5 heteroatoms. The molecule has 5 nitrogen and oxygen atoms in total. The van der Waals surface area contributed by atoms with Crippen molar-refractivity contribution in [2.24, 2.45) is 11.8 Å². The van der Waals surface area contributed by atoms with Crippen LogP contribution in [0.4, 0.5) is 0 Å². The van der Waals surface area contributed by atoms with Crippen LogP contribution in [0.1, 0.15) is 201 Å². The lowest BCUT2D eigenvalue weighted by Crippen LogP contribution is -2.17. The standard InChI is InChI=1S/C42H78O5/c1-4-7-10-12-13-14-15-16-17-18-19-20-21-25-29-35-42(45)47-38-40(36-43)33-28-24-22-23-26-30-34-41(44)46-37-39(31-9-6-3)32-27-11-8-5-2/h13-14,16-17,39-40,43H,4-12,15,18-38H2,1-3H3/b14-13-,17-16-. The van der Waals surface area contributed by atoms with Crippen LogP contribution in [0.15, 0.2) is 24.3 Å². The summed E-state index contributed by atoms with van der Waals surface area (Å²) >= 11 is 0. The van der Waals surface area contributed by atoms with Crippen LogP contribution in [-0.4, -0.2) is 36.9 Å². The van der Waals surface area contributed by atoms with Crippen molar-refractivity contribution in [3.8, 4) is 0 Å². The Kier molecular flexibility index (Phi) is 35.9. The maximum atomic E-state index is 12.2. The van der Waals surface area contributed by atoms with Crippen molar-refractivity contribution in [2.45, 2.75) is 201 Å². The van der Waals surface area contributed by atoms with E-state index in [4.69, 9.17) is 9.47 Å². The Morgan fingerprint density at radius 2 is 0.894 bits per heavy atom. The van der Waals surface area contributed by atoms with Crippen molar-refractivity contribution in [3.63, 3.8) is 0 Å². The van der Waals surface area contributed by atoms with Crippen molar-refractivity contribution in [2.75, 3.05) is 19.8 Å². The molecule has 2 unspecified atom stereocenters. The van der Waals surface area contributed by atoms with Gasteiger partial charge >= 0.3 is 11.9 Å². The van der Waals surface area contributed by atoms with Gasteiger partial charge in [0.05, 0.1) is 13.2 Å². The molecular formula is C42H78O5. The van der Waals surface area contributed by atoms with E-state index in [1.54, 1.807) is 0 Å². The van der Waals surface area contributed by atoms with E-state index in [1.165, 1.54) is 96.3 Å². The third kappa shape index (κ3) is 34.1. The molecule has 0 aliphatic carbocycles. The summed E-state index contributed by atoms with van der Waals surface area (Å²) in [4.78, 5) is 24.4. The van der Waals surface area contributed by atoms with Crippen LogP contribution >= 0.6 is 0 Å². The van der Waals surface area contributed by atoms with Crippen molar-refractivity contribution >= 4 is 11.9 Å². The highest BCUT2D eigenvalue weighted by Crippen LogP contribution is 2.19. The summed E-state index contributed by atoms with van der Waals surface area (Å²) in [6.07, 6.45) is 40.2. The fraction of sp³-hybridized carbons (Fsp3) is 0.857. The maximum absolute atomic E-state index is 12.2. The van der Waals surface area contributed by atoms with Crippen LogP contribution < -0.4 is 0 Å². The molecule has 0 aliphatic heterocycles. The largest absolute Gasteiger partial charge is 0.465 e. The van der Waals surface area contributed by atoms with E-state index in [0.717, 1.165) is 70.6 Å². The van der Waals surface area contributed by atoms with Gasteiger partial charge in [-0.2, -0.15) is 0 Å². The molecule has 0 fully saturated rings. The number of unbranched alkanes of at least 4 members (excludes halogenated alkanes) is 17. The molecule has 0 amide bonds. The van der Waals surface area contributed by atoms with Gasteiger partial charge in [-0.25, -0.2) is 0 Å². The summed E-state index contributed by atoms with van der Waals surface area (Å²) in [6, 6.07) is 0. The highest BCUT2D eigenvalue weighted by atomic mass is 16.5. The molecule has 0 aromatic carbocycles. The second kappa shape index (κ2) is 37.2. The zero-order valence-corrected chi connectivity index (χ0v) is 31.5. The molecule has 0 aromatic heterocycles. The van der Waals surface area contributed by atoms with Crippen LogP contribution in [0.5, 0.6) is 0 Å². The van der Waals surface area contributed by atoms with Gasteiger partial charge in [0.1, 0.15) is 0 Å². The van der Waals surface area contributed by atoms with Crippen LogP contribution in [0.2, 0.25) is 0 Å². The molecule has 276 valence electrons. The third-order valence-electron chi connectivity index (χ3n) is 9.22. The Balaban J connectivity index is 3.70. The summed E-state index contributed by atoms with van der Waals surface area (Å²) in [7, 11) is 0. The van der Waals surface area contributed by atoms with Gasteiger partial charge in [0.15, 0.2) is 0 Å². The number of allylic oxidation sites excluding steroid dienone is 4. The average Bonchev–Trinajstić information content (AvgIpc) is 3.08. The lowest BCUT2D eigenvalue weighted by Gasteiger charge is -2.17. The highest BCUT2D eigenvalue weighted by Gasteiger charge is 2.13. The van der Waals surface area contributed by atoms with Gasteiger partial charge in [-0.05, 0) is 70.1 Å². The quantitative estimate of drug-likeness (QED) is 0.0410. The molecule has 0 rings (SSSR count). The molecule has 0 bridgehead atoms. The third-order valence-corrected chi connectivity index (χ3v) is 9.22. The minimum Gasteiger partial charge on any atom is -0.465 e. The number of carbonyl (C=O) groups excluding carboxylic acids is 2. The van der Waals surface area contributed by atoms with E-state index in [1.807, 2.05) is 0 Å². The zero-order chi connectivity index (χ0) is 34.5. The maximum Gasteiger partial charge on any atom is 0.305 e. The Bertz CT molecular complexity index is 731. The number of hydrogen-bond donors (Lipinski definition) is 1. The van der Waals surface area contributed by atoms with Crippen LogP contribution in [0.3, 0.4) is 0 Å². The SMILES string of the molecule is CCCCC/C=C\C/C=C\CCCCCCCC(=O)OCC(CO)CCCCCCCCC(=O)OCC(CCCC)CCCCCC. The van der Waals surface area contributed by atoms with Gasteiger partial charge in [0, 0.05) is 25.4 Å². The Hall–Kier alpha value is -1.62. The molecule has 0 saturated carbocycles. The normalized spacial score (nSPS) is 13.0. The summed E-state index contributed by atoms with van der Waals surface area (Å²) in [5, 5.41) is 9.72. The van der Waals surface area contributed by atoms with E-state index in [9.17, 15) is 14.7 Å². The number of aliphatic hydroxyl groups is 1. The Labute approximate surface area is 292 Å². The van der Waals surface area contributed by atoms with Crippen molar-refractivity contribution in [1.82, 2.24) is 0 Å². The number of aliphatic hydroxyl groups excluding tert-OH is 1. The van der Waals surface area contributed by atoms with E-state index < -0.39 is 0 Å². The van der Waals surface area contributed by atoms with Crippen molar-refractivity contribution < 1.29 is 24.2 Å². The zero-order valence-electron chi connectivity index (χ0n) is 31.5. The first-order chi connectivity index (χ1) is 23.1. The van der Waals surface area contributed by atoms with Crippen LogP contribution in [0, 0.1) is 11.8 Å². The second-order valence-corrected chi connectivity index (χ2v) is 13.9. The predicted octanol–water partition coefficient (Wildman–Crippen LogP) is 12.4. The topological polar surface area (TPSA) is 72.8 Å². The van der Waals surface area contributed by atoms with Gasteiger partial charge in [-0.1, -0.05) is 148 Å². The predicted molar refractivity (Wildman–Crippen MR) is 201 cm³/mol. The molecule has 2 atom stereocenters. The first kappa shape index (κ1) is 45.4. The number of ether oxygens (including phenoxy) is 2. The second-order valence-electron chi connectivity index (χ2n) is 13.9. The number of esters is 2. The number of rotatable bonds is 36. The monoisotopic (exact) mass is 663 g/mol. The molecule has 1 N–H and O–H groups in total. The first-order valence-electron chi connectivity index (χ1n) is 20.3. The Morgan fingerprint density at radius 1 is 0.489 bits per heavy atom. The molecule has 47 heavy (non-hydrogen) atoms. The first-order valence-corrected chi connectivity index (χ1v) is 20.3. The molecule has 0 heterocycles. The minimum atomic E-state index is -0.129. The molecular weight excluding hydrogens is 584 g/mol. The smallest absolute Gasteiger partial charge is 0.305 e. The van der Waals surface area contributed by atoms with Gasteiger partial charge in [0.25, 0.3) is 0 Å².